The van der Waals surface area contributed by atoms with Crippen molar-refractivity contribution in [3.63, 3.8) is 0 Å². The number of aliphatic hydroxyl groups is 1. The van der Waals surface area contributed by atoms with Crippen molar-refractivity contribution in [3.05, 3.63) is 0 Å². The van der Waals surface area contributed by atoms with Crippen LogP contribution in [0.1, 0.15) is 32.6 Å². The molecule has 2 nitrogen and oxygen atoms in total. The van der Waals surface area contributed by atoms with E-state index in [1.807, 2.05) is 0 Å². The molecule has 1 aliphatic rings. The molecule has 0 spiro atoms. The van der Waals surface area contributed by atoms with E-state index in [0.717, 1.165) is 5.92 Å². The van der Waals surface area contributed by atoms with E-state index in [0.29, 0.717) is 6.54 Å². The van der Waals surface area contributed by atoms with Crippen molar-refractivity contribution < 1.29 is 5.11 Å². The lowest BCUT2D eigenvalue weighted by Gasteiger charge is -1.91. The van der Waals surface area contributed by atoms with Crippen LogP contribution in [0, 0.1) is 5.92 Å². The predicted octanol–water partition coefficient (Wildman–Crippen LogP) is 1.13. The van der Waals surface area contributed by atoms with Crippen LogP contribution in [0.4, 0.5) is 0 Å². The lowest BCUT2D eigenvalue weighted by Crippen LogP contribution is -2.02. The molecule has 0 aliphatic heterocycles. The van der Waals surface area contributed by atoms with Gasteiger partial charge in [-0.05, 0) is 5.92 Å². The smallest absolute Gasteiger partial charge is 0.0553 e. The van der Waals surface area contributed by atoms with Crippen LogP contribution in [0.25, 0.3) is 0 Å². The molecular formula is C8H19NO. The zero-order chi connectivity index (χ0) is 7.82. The van der Waals surface area contributed by atoms with Crippen molar-refractivity contribution in [2.45, 2.75) is 32.6 Å². The highest BCUT2D eigenvalue weighted by Gasteiger charge is 2.07. The minimum Gasteiger partial charge on any atom is -0.395 e. The van der Waals surface area contributed by atoms with Crippen molar-refractivity contribution in [1.29, 1.82) is 0 Å². The van der Waals surface area contributed by atoms with Gasteiger partial charge in [-0.15, -0.1) is 0 Å². The lowest BCUT2D eigenvalue weighted by atomic mass is 10.2. The topological polar surface area (TPSA) is 46.2 Å². The Morgan fingerprint density at radius 3 is 1.90 bits per heavy atom. The first kappa shape index (κ1) is 9.92. The molecule has 0 unspecified atom stereocenters. The van der Waals surface area contributed by atoms with Crippen LogP contribution in [0.15, 0.2) is 0 Å². The quantitative estimate of drug-likeness (QED) is 0.581. The fourth-order valence-corrected chi connectivity index (χ4v) is 1.13. The maximum Gasteiger partial charge on any atom is 0.0553 e. The van der Waals surface area contributed by atoms with E-state index in [1.165, 1.54) is 25.7 Å². The van der Waals surface area contributed by atoms with Gasteiger partial charge in [-0.1, -0.05) is 32.6 Å². The van der Waals surface area contributed by atoms with Gasteiger partial charge in [0.1, 0.15) is 0 Å². The summed E-state index contributed by atoms with van der Waals surface area (Å²) in [5.41, 5.74) is 4.78. The molecule has 1 saturated carbocycles. The van der Waals surface area contributed by atoms with E-state index in [2.05, 4.69) is 6.92 Å². The van der Waals surface area contributed by atoms with E-state index in [4.69, 9.17) is 10.8 Å². The SMILES string of the molecule is CC1CCCC1.NCCO. The Bertz CT molecular complexity index is 58.3. The molecule has 0 atom stereocenters. The Hall–Kier alpha value is -0.0800. The summed E-state index contributed by atoms with van der Waals surface area (Å²) >= 11 is 0. The van der Waals surface area contributed by atoms with Crippen LogP contribution >= 0.6 is 0 Å². The maximum absolute atomic E-state index is 7.75. The van der Waals surface area contributed by atoms with Crippen LogP contribution < -0.4 is 5.73 Å². The van der Waals surface area contributed by atoms with E-state index in [9.17, 15) is 0 Å². The van der Waals surface area contributed by atoms with Gasteiger partial charge in [0.05, 0.1) is 6.61 Å². The highest BCUT2D eigenvalue weighted by Crippen LogP contribution is 2.22. The normalized spacial score (nSPS) is 18.3. The second-order valence-electron chi connectivity index (χ2n) is 2.90. The number of nitrogens with two attached hydrogens (primary N) is 1. The van der Waals surface area contributed by atoms with Crippen molar-refractivity contribution in [3.8, 4) is 0 Å². The van der Waals surface area contributed by atoms with Gasteiger partial charge >= 0.3 is 0 Å². The average Bonchev–Trinajstić information content (AvgIpc) is 2.40. The highest BCUT2D eigenvalue weighted by molar-refractivity contribution is 4.60. The molecule has 10 heavy (non-hydrogen) atoms. The van der Waals surface area contributed by atoms with Crippen LogP contribution in [-0.2, 0) is 0 Å². The molecule has 0 amide bonds. The van der Waals surface area contributed by atoms with Crippen molar-refractivity contribution in [2.24, 2.45) is 11.7 Å². The number of hydrogen-bond acceptors (Lipinski definition) is 2. The first-order valence-electron chi connectivity index (χ1n) is 4.12. The fraction of sp³-hybridized carbons (Fsp3) is 1.00. The standard InChI is InChI=1S/C6H12.C2H7NO/c1-6-4-2-3-5-6;3-1-2-4/h6H,2-5H2,1H3;4H,1-3H2. The fourth-order valence-electron chi connectivity index (χ4n) is 1.13. The van der Waals surface area contributed by atoms with Gasteiger partial charge in [0.15, 0.2) is 0 Å². The van der Waals surface area contributed by atoms with E-state index in [-0.39, 0.29) is 6.61 Å². The number of aliphatic hydroxyl groups excluding tert-OH is 1. The van der Waals surface area contributed by atoms with Crippen molar-refractivity contribution >= 4 is 0 Å². The molecule has 0 bridgehead atoms. The molecule has 2 heteroatoms. The summed E-state index contributed by atoms with van der Waals surface area (Å²) in [6.45, 7) is 2.81. The molecule has 0 heterocycles. The van der Waals surface area contributed by atoms with E-state index < -0.39 is 0 Å². The van der Waals surface area contributed by atoms with Gasteiger partial charge in [-0.3, -0.25) is 0 Å². The second-order valence-corrected chi connectivity index (χ2v) is 2.90. The third-order valence-corrected chi connectivity index (χ3v) is 1.77. The third-order valence-electron chi connectivity index (χ3n) is 1.77. The lowest BCUT2D eigenvalue weighted by molar-refractivity contribution is 0.306. The van der Waals surface area contributed by atoms with Gasteiger partial charge in [0, 0.05) is 6.54 Å². The molecule has 0 aromatic rings. The van der Waals surface area contributed by atoms with Crippen LogP contribution in [0.3, 0.4) is 0 Å². The first-order valence-corrected chi connectivity index (χ1v) is 4.12. The summed E-state index contributed by atoms with van der Waals surface area (Å²) in [5.74, 6) is 1.05. The molecule has 0 saturated heterocycles. The number of rotatable bonds is 1. The molecule has 1 fully saturated rings. The predicted molar refractivity (Wildman–Crippen MR) is 43.8 cm³/mol. The Morgan fingerprint density at radius 2 is 1.80 bits per heavy atom. The maximum atomic E-state index is 7.75. The monoisotopic (exact) mass is 145 g/mol. The van der Waals surface area contributed by atoms with E-state index in [1.54, 1.807) is 0 Å². The Morgan fingerprint density at radius 1 is 1.40 bits per heavy atom. The zero-order valence-corrected chi connectivity index (χ0v) is 6.84. The molecule has 3 N–H and O–H groups in total. The summed E-state index contributed by atoms with van der Waals surface area (Å²) in [7, 11) is 0. The Kier molecular flexibility index (Phi) is 6.98. The first-order chi connectivity index (χ1) is 4.81. The molecule has 1 rings (SSSR count). The average molecular weight is 145 g/mol. The summed E-state index contributed by atoms with van der Waals surface area (Å²) in [4.78, 5) is 0. The van der Waals surface area contributed by atoms with Crippen molar-refractivity contribution in [2.75, 3.05) is 13.2 Å². The number of hydrogen-bond donors (Lipinski definition) is 2. The molecule has 0 radical (unpaired) electrons. The zero-order valence-electron chi connectivity index (χ0n) is 6.84. The van der Waals surface area contributed by atoms with Crippen molar-refractivity contribution in [1.82, 2.24) is 0 Å². The van der Waals surface area contributed by atoms with Gasteiger partial charge in [0.2, 0.25) is 0 Å². The summed E-state index contributed by atoms with van der Waals surface area (Å²) in [6, 6.07) is 0. The molecule has 0 aromatic carbocycles. The molecule has 0 aromatic heterocycles. The Balaban J connectivity index is 0.000000180. The Labute approximate surface area is 63.4 Å². The molecule has 1 aliphatic carbocycles. The van der Waals surface area contributed by atoms with Crippen LogP contribution in [-0.4, -0.2) is 18.3 Å². The largest absolute Gasteiger partial charge is 0.395 e. The van der Waals surface area contributed by atoms with Gasteiger partial charge in [-0.25, -0.2) is 0 Å². The van der Waals surface area contributed by atoms with Crippen LogP contribution in [0.2, 0.25) is 0 Å². The minimum atomic E-state index is 0.0972. The van der Waals surface area contributed by atoms with E-state index >= 15 is 0 Å². The minimum absolute atomic E-state index is 0.0972. The summed E-state index contributed by atoms with van der Waals surface area (Å²) < 4.78 is 0. The molecule has 62 valence electrons. The summed E-state index contributed by atoms with van der Waals surface area (Å²) in [6.07, 6.45) is 5.95. The van der Waals surface area contributed by atoms with Gasteiger partial charge in [-0.2, -0.15) is 0 Å². The summed E-state index contributed by atoms with van der Waals surface area (Å²) in [5, 5.41) is 7.75. The second kappa shape index (κ2) is 7.03. The third kappa shape index (κ3) is 6.05. The van der Waals surface area contributed by atoms with Crippen LogP contribution in [0.5, 0.6) is 0 Å². The van der Waals surface area contributed by atoms with Gasteiger partial charge in [0.25, 0.3) is 0 Å². The molecular weight excluding hydrogens is 126 g/mol. The highest BCUT2D eigenvalue weighted by atomic mass is 16.3. The van der Waals surface area contributed by atoms with Gasteiger partial charge < -0.3 is 10.8 Å².